The molecular formula is C18H19N3O. The molecule has 1 aromatic heterocycles. The highest BCUT2D eigenvalue weighted by molar-refractivity contribution is 5.67. The molecule has 1 saturated carbocycles. The maximum Gasteiger partial charge on any atom is 0.138 e. The van der Waals surface area contributed by atoms with Crippen LogP contribution >= 0.6 is 0 Å². The highest BCUT2D eigenvalue weighted by Crippen LogP contribution is 2.35. The SMILES string of the molecule is CNC1(COc2cnc(C)c(-c3ccc(C#N)cc3)c2)CC1. The molecule has 1 heterocycles. The number of hydrogen-bond acceptors (Lipinski definition) is 4. The van der Waals surface area contributed by atoms with Crippen molar-refractivity contribution in [3.8, 4) is 22.9 Å². The van der Waals surface area contributed by atoms with E-state index in [0.717, 1.165) is 35.4 Å². The van der Waals surface area contributed by atoms with Gasteiger partial charge in [-0.15, -0.1) is 0 Å². The molecule has 1 aromatic carbocycles. The summed E-state index contributed by atoms with van der Waals surface area (Å²) in [6.45, 7) is 2.65. The zero-order chi connectivity index (χ0) is 15.6. The lowest BCUT2D eigenvalue weighted by molar-refractivity contribution is 0.259. The standard InChI is InChI=1S/C18H19N3O/c1-13-17(15-5-3-14(10-19)4-6-15)9-16(11-21-13)22-12-18(20-2)7-8-18/h3-6,9,11,20H,7-8,12H2,1-2H3. The Balaban J connectivity index is 1.81. The molecule has 4 heteroatoms. The second kappa shape index (κ2) is 5.78. The van der Waals surface area contributed by atoms with Crippen molar-refractivity contribution in [3.05, 3.63) is 47.8 Å². The molecule has 1 aliphatic carbocycles. The van der Waals surface area contributed by atoms with Crippen molar-refractivity contribution in [1.82, 2.24) is 10.3 Å². The van der Waals surface area contributed by atoms with Gasteiger partial charge in [0, 0.05) is 11.3 Å². The number of pyridine rings is 1. The van der Waals surface area contributed by atoms with Gasteiger partial charge in [0.2, 0.25) is 0 Å². The molecule has 1 aliphatic rings. The minimum absolute atomic E-state index is 0.152. The molecule has 0 unspecified atom stereocenters. The third kappa shape index (κ3) is 2.95. The maximum atomic E-state index is 8.88. The quantitative estimate of drug-likeness (QED) is 0.920. The van der Waals surface area contributed by atoms with Crippen molar-refractivity contribution in [2.45, 2.75) is 25.3 Å². The van der Waals surface area contributed by atoms with Crippen LogP contribution in [0.3, 0.4) is 0 Å². The summed E-state index contributed by atoms with van der Waals surface area (Å²) in [5.74, 6) is 0.784. The fourth-order valence-corrected chi connectivity index (χ4v) is 2.45. The summed E-state index contributed by atoms with van der Waals surface area (Å²) in [6.07, 6.45) is 4.09. The van der Waals surface area contributed by atoms with Crippen LogP contribution in [0.2, 0.25) is 0 Å². The van der Waals surface area contributed by atoms with Gasteiger partial charge in [-0.3, -0.25) is 4.98 Å². The van der Waals surface area contributed by atoms with Crippen molar-refractivity contribution < 1.29 is 4.74 Å². The minimum atomic E-state index is 0.152. The number of rotatable bonds is 5. The predicted molar refractivity (Wildman–Crippen MR) is 85.6 cm³/mol. The summed E-state index contributed by atoms with van der Waals surface area (Å²) in [6, 6.07) is 11.7. The Bertz CT molecular complexity index is 712. The molecule has 0 spiro atoms. The average Bonchev–Trinajstić information content (AvgIpc) is 3.35. The van der Waals surface area contributed by atoms with Gasteiger partial charge in [0.1, 0.15) is 12.4 Å². The Kier molecular flexibility index (Phi) is 3.82. The smallest absolute Gasteiger partial charge is 0.138 e. The van der Waals surface area contributed by atoms with Gasteiger partial charge >= 0.3 is 0 Å². The first-order chi connectivity index (χ1) is 10.7. The Morgan fingerprint density at radius 3 is 2.64 bits per heavy atom. The molecule has 0 bridgehead atoms. The van der Waals surface area contributed by atoms with E-state index in [1.807, 2.05) is 44.3 Å². The van der Waals surface area contributed by atoms with Crippen LogP contribution < -0.4 is 10.1 Å². The lowest BCUT2D eigenvalue weighted by Gasteiger charge is -2.16. The number of benzene rings is 1. The Morgan fingerprint density at radius 1 is 1.32 bits per heavy atom. The van der Waals surface area contributed by atoms with Crippen molar-refractivity contribution >= 4 is 0 Å². The van der Waals surface area contributed by atoms with E-state index in [0.29, 0.717) is 12.2 Å². The predicted octanol–water partition coefficient (Wildman–Crippen LogP) is 3.06. The summed E-state index contributed by atoms with van der Waals surface area (Å²) >= 11 is 0. The number of hydrogen-bond donors (Lipinski definition) is 1. The monoisotopic (exact) mass is 293 g/mol. The molecule has 1 N–H and O–H groups in total. The van der Waals surface area contributed by atoms with Gasteiger partial charge < -0.3 is 10.1 Å². The zero-order valence-electron chi connectivity index (χ0n) is 12.9. The van der Waals surface area contributed by atoms with Crippen LogP contribution in [0.5, 0.6) is 5.75 Å². The molecule has 112 valence electrons. The van der Waals surface area contributed by atoms with Gasteiger partial charge in [-0.05, 0) is 50.6 Å². The Morgan fingerprint density at radius 2 is 2.05 bits per heavy atom. The number of nitrogens with zero attached hydrogens (tertiary/aromatic N) is 2. The van der Waals surface area contributed by atoms with Crippen LogP contribution in [0.1, 0.15) is 24.1 Å². The molecule has 1 fully saturated rings. The van der Waals surface area contributed by atoms with Crippen molar-refractivity contribution in [2.24, 2.45) is 0 Å². The number of ether oxygens (including phenoxy) is 1. The molecular weight excluding hydrogens is 274 g/mol. The van der Waals surface area contributed by atoms with Crippen molar-refractivity contribution in [3.63, 3.8) is 0 Å². The number of aryl methyl sites for hydroxylation is 1. The van der Waals surface area contributed by atoms with Crippen LogP contribution in [-0.2, 0) is 0 Å². The van der Waals surface area contributed by atoms with Crippen molar-refractivity contribution in [2.75, 3.05) is 13.7 Å². The van der Waals surface area contributed by atoms with Crippen LogP contribution in [0.15, 0.2) is 36.5 Å². The molecule has 3 rings (SSSR count). The van der Waals surface area contributed by atoms with Crippen molar-refractivity contribution in [1.29, 1.82) is 5.26 Å². The van der Waals surface area contributed by atoms with E-state index < -0.39 is 0 Å². The average molecular weight is 293 g/mol. The minimum Gasteiger partial charge on any atom is -0.490 e. The van der Waals surface area contributed by atoms with Crippen LogP contribution in [0, 0.1) is 18.3 Å². The molecule has 0 aliphatic heterocycles. The van der Waals surface area contributed by atoms with E-state index in [1.165, 1.54) is 0 Å². The van der Waals surface area contributed by atoms with E-state index in [2.05, 4.69) is 16.4 Å². The summed E-state index contributed by atoms with van der Waals surface area (Å²) < 4.78 is 5.91. The molecule has 0 amide bonds. The summed E-state index contributed by atoms with van der Waals surface area (Å²) in [7, 11) is 1.98. The lowest BCUT2D eigenvalue weighted by atomic mass is 10.0. The highest BCUT2D eigenvalue weighted by atomic mass is 16.5. The van der Waals surface area contributed by atoms with E-state index in [1.54, 1.807) is 6.20 Å². The number of likely N-dealkylation sites (N-methyl/N-ethyl adjacent to an activating group) is 1. The topological polar surface area (TPSA) is 57.9 Å². The fraction of sp³-hybridized carbons (Fsp3) is 0.333. The normalized spacial score (nSPS) is 15.1. The van der Waals surface area contributed by atoms with E-state index in [9.17, 15) is 0 Å². The summed E-state index contributed by atoms with van der Waals surface area (Å²) in [4.78, 5) is 4.43. The van der Waals surface area contributed by atoms with Gasteiger partial charge in [-0.1, -0.05) is 12.1 Å². The van der Waals surface area contributed by atoms with E-state index in [4.69, 9.17) is 10.00 Å². The Hall–Kier alpha value is -2.38. The first kappa shape index (κ1) is 14.6. The van der Waals surface area contributed by atoms with Gasteiger partial charge in [-0.2, -0.15) is 5.26 Å². The first-order valence-electron chi connectivity index (χ1n) is 7.45. The second-order valence-corrected chi connectivity index (χ2v) is 5.81. The summed E-state index contributed by atoms with van der Waals surface area (Å²) in [5.41, 5.74) is 3.85. The molecule has 22 heavy (non-hydrogen) atoms. The maximum absolute atomic E-state index is 8.88. The third-order valence-electron chi connectivity index (χ3n) is 4.29. The van der Waals surface area contributed by atoms with Gasteiger partial charge in [0.25, 0.3) is 0 Å². The highest BCUT2D eigenvalue weighted by Gasteiger charge is 2.41. The van der Waals surface area contributed by atoms with Crippen LogP contribution in [-0.4, -0.2) is 24.2 Å². The van der Waals surface area contributed by atoms with Gasteiger partial charge in [0.15, 0.2) is 0 Å². The van der Waals surface area contributed by atoms with Gasteiger partial charge in [-0.25, -0.2) is 0 Å². The molecule has 4 nitrogen and oxygen atoms in total. The lowest BCUT2D eigenvalue weighted by Crippen LogP contribution is -2.33. The van der Waals surface area contributed by atoms with E-state index in [-0.39, 0.29) is 5.54 Å². The van der Waals surface area contributed by atoms with Crippen LogP contribution in [0.4, 0.5) is 0 Å². The second-order valence-electron chi connectivity index (χ2n) is 5.81. The Labute approximate surface area is 130 Å². The van der Waals surface area contributed by atoms with Gasteiger partial charge in [0.05, 0.1) is 23.4 Å². The van der Waals surface area contributed by atoms with E-state index >= 15 is 0 Å². The first-order valence-corrected chi connectivity index (χ1v) is 7.45. The fourth-order valence-electron chi connectivity index (χ4n) is 2.45. The molecule has 2 aromatic rings. The zero-order valence-corrected chi connectivity index (χ0v) is 12.9. The molecule has 0 radical (unpaired) electrons. The number of nitriles is 1. The summed E-state index contributed by atoms with van der Waals surface area (Å²) in [5, 5.41) is 12.2. The third-order valence-corrected chi connectivity index (χ3v) is 4.29. The number of nitrogens with one attached hydrogen (secondary N) is 1. The van der Waals surface area contributed by atoms with Crippen LogP contribution in [0.25, 0.3) is 11.1 Å². The largest absolute Gasteiger partial charge is 0.490 e. The number of aromatic nitrogens is 1. The molecule has 0 saturated heterocycles. The molecule has 0 atom stereocenters.